The van der Waals surface area contributed by atoms with Gasteiger partial charge in [0.05, 0.1) is 0 Å². The number of rotatable bonds is 4. The van der Waals surface area contributed by atoms with E-state index in [0.717, 1.165) is 17.4 Å². The van der Waals surface area contributed by atoms with Gasteiger partial charge >= 0.3 is 0 Å². The van der Waals surface area contributed by atoms with E-state index < -0.39 is 0 Å². The molecule has 18 heavy (non-hydrogen) atoms. The van der Waals surface area contributed by atoms with Gasteiger partial charge in [0.1, 0.15) is 0 Å². The number of hydrogen-bond donors (Lipinski definition) is 0. The standard InChI is InChI=1S/C16H22BrCl/c17-15(11-13-7-3-1-2-4-8-13)12-14-9-5-6-10-16(14)18/h5-6,9-10,13,15H,1-4,7-8,11-12H2. The van der Waals surface area contributed by atoms with E-state index in [0.29, 0.717) is 4.83 Å². The summed E-state index contributed by atoms with van der Waals surface area (Å²) in [6, 6.07) is 8.21. The van der Waals surface area contributed by atoms with Gasteiger partial charge in [0, 0.05) is 9.85 Å². The molecule has 1 unspecified atom stereocenters. The molecule has 0 bridgehead atoms. The third-order valence-corrected chi connectivity index (χ3v) is 5.03. The van der Waals surface area contributed by atoms with Crippen LogP contribution in [0.15, 0.2) is 24.3 Å². The molecule has 0 heterocycles. The maximum Gasteiger partial charge on any atom is 0.0438 e. The Morgan fingerprint density at radius 1 is 1.11 bits per heavy atom. The minimum absolute atomic E-state index is 0.570. The lowest BCUT2D eigenvalue weighted by molar-refractivity contribution is 0.423. The summed E-state index contributed by atoms with van der Waals surface area (Å²) in [7, 11) is 0. The molecule has 1 atom stereocenters. The van der Waals surface area contributed by atoms with Crippen LogP contribution in [0.4, 0.5) is 0 Å². The highest BCUT2D eigenvalue weighted by Gasteiger charge is 2.17. The average Bonchev–Trinajstić information content (AvgIpc) is 2.61. The van der Waals surface area contributed by atoms with Crippen molar-refractivity contribution in [3.8, 4) is 0 Å². The first-order valence-corrected chi connectivity index (χ1v) is 8.42. The van der Waals surface area contributed by atoms with Gasteiger partial charge in [-0.15, -0.1) is 0 Å². The summed E-state index contributed by atoms with van der Waals surface area (Å²) >= 11 is 10.1. The van der Waals surface area contributed by atoms with Gasteiger partial charge in [0.15, 0.2) is 0 Å². The van der Waals surface area contributed by atoms with Crippen LogP contribution < -0.4 is 0 Å². The maximum absolute atomic E-state index is 6.22. The summed E-state index contributed by atoms with van der Waals surface area (Å²) in [6.07, 6.45) is 10.9. The van der Waals surface area contributed by atoms with E-state index >= 15 is 0 Å². The number of benzene rings is 1. The molecular formula is C16H22BrCl. The zero-order valence-electron chi connectivity index (χ0n) is 10.9. The van der Waals surface area contributed by atoms with Gasteiger partial charge in [-0.3, -0.25) is 0 Å². The molecule has 2 rings (SSSR count). The summed E-state index contributed by atoms with van der Waals surface area (Å²) in [6.45, 7) is 0. The highest BCUT2D eigenvalue weighted by Crippen LogP contribution is 2.30. The van der Waals surface area contributed by atoms with Crippen LogP contribution in [0.5, 0.6) is 0 Å². The molecule has 1 aromatic rings. The maximum atomic E-state index is 6.22. The highest BCUT2D eigenvalue weighted by molar-refractivity contribution is 9.09. The minimum Gasteiger partial charge on any atom is -0.0887 e. The lowest BCUT2D eigenvalue weighted by Crippen LogP contribution is -2.10. The van der Waals surface area contributed by atoms with Gasteiger partial charge in [0.2, 0.25) is 0 Å². The molecule has 0 aromatic heterocycles. The second-order valence-corrected chi connectivity index (χ2v) is 7.19. The first-order valence-electron chi connectivity index (χ1n) is 7.13. The van der Waals surface area contributed by atoms with Crippen LogP contribution in [0.25, 0.3) is 0 Å². The molecular weight excluding hydrogens is 308 g/mol. The van der Waals surface area contributed by atoms with Gasteiger partial charge in [-0.05, 0) is 30.4 Å². The molecule has 100 valence electrons. The van der Waals surface area contributed by atoms with Crippen molar-refractivity contribution in [1.82, 2.24) is 0 Å². The van der Waals surface area contributed by atoms with E-state index in [2.05, 4.69) is 28.1 Å². The summed E-state index contributed by atoms with van der Waals surface area (Å²) < 4.78 is 0. The Bertz CT molecular complexity index is 356. The molecule has 1 aromatic carbocycles. The Morgan fingerprint density at radius 3 is 2.44 bits per heavy atom. The van der Waals surface area contributed by atoms with E-state index in [9.17, 15) is 0 Å². The van der Waals surface area contributed by atoms with E-state index in [1.54, 1.807) is 0 Å². The Kier molecular flexibility index (Phi) is 6.04. The van der Waals surface area contributed by atoms with Crippen molar-refractivity contribution >= 4 is 27.5 Å². The largest absolute Gasteiger partial charge is 0.0887 e. The summed E-state index contributed by atoms with van der Waals surface area (Å²) in [5, 5.41) is 0.905. The van der Waals surface area contributed by atoms with Crippen LogP contribution in [-0.2, 0) is 6.42 Å². The second kappa shape index (κ2) is 7.55. The van der Waals surface area contributed by atoms with Crippen LogP contribution in [-0.4, -0.2) is 4.83 Å². The molecule has 0 saturated heterocycles. The van der Waals surface area contributed by atoms with Crippen molar-refractivity contribution in [2.24, 2.45) is 5.92 Å². The normalized spacial score (nSPS) is 19.4. The Morgan fingerprint density at radius 2 is 1.78 bits per heavy atom. The quantitative estimate of drug-likeness (QED) is 0.469. The smallest absolute Gasteiger partial charge is 0.0438 e. The van der Waals surface area contributed by atoms with Gasteiger partial charge in [-0.1, -0.05) is 84.3 Å². The van der Waals surface area contributed by atoms with Crippen LogP contribution in [0, 0.1) is 5.92 Å². The van der Waals surface area contributed by atoms with Crippen molar-refractivity contribution in [1.29, 1.82) is 0 Å². The van der Waals surface area contributed by atoms with Gasteiger partial charge in [-0.25, -0.2) is 0 Å². The molecule has 1 aliphatic rings. The SMILES string of the molecule is Clc1ccccc1CC(Br)CC1CCCCCC1. The third kappa shape index (κ3) is 4.59. The summed E-state index contributed by atoms with van der Waals surface area (Å²) in [5.74, 6) is 0.916. The zero-order valence-corrected chi connectivity index (χ0v) is 13.2. The molecule has 1 aliphatic carbocycles. The summed E-state index contributed by atoms with van der Waals surface area (Å²) in [5.41, 5.74) is 1.27. The van der Waals surface area contributed by atoms with E-state index in [4.69, 9.17) is 11.6 Å². The van der Waals surface area contributed by atoms with Crippen LogP contribution in [0.2, 0.25) is 5.02 Å². The molecule has 0 nitrogen and oxygen atoms in total. The van der Waals surface area contributed by atoms with E-state index in [1.807, 2.05) is 12.1 Å². The predicted molar refractivity (Wildman–Crippen MR) is 83.7 cm³/mol. The second-order valence-electron chi connectivity index (χ2n) is 5.49. The van der Waals surface area contributed by atoms with Crippen molar-refractivity contribution in [3.63, 3.8) is 0 Å². The first-order chi connectivity index (χ1) is 8.75. The Hall–Kier alpha value is -0.0100. The lowest BCUT2D eigenvalue weighted by Gasteiger charge is -2.18. The Balaban J connectivity index is 1.84. The van der Waals surface area contributed by atoms with Gasteiger partial charge in [0.25, 0.3) is 0 Å². The number of alkyl halides is 1. The van der Waals surface area contributed by atoms with Crippen LogP contribution in [0.1, 0.15) is 50.5 Å². The van der Waals surface area contributed by atoms with E-state index in [-0.39, 0.29) is 0 Å². The fraction of sp³-hybridized carbons (Fsp3) is 0.625. The first kappa shape index (κ1) is 14.4. The number of halogens is 2. The zero-order chi connectivity index (χ0) is 12.8. The fourth-order valence-corrected chi connectivity index (χ4v) is 4.04. The highest BCUT2D eigenvalue weighted by atomic mass is 79.9. The van der Waals surface area contributed by atoms with Crippen molar-refractivity contribution in [2.75, 3.05) is 0 Å². The number of hydrogen-bond acceptors (Lipinski definition) is 0. The van der Waals surface area contributed by atoms with Gasteiger partial charge < -0.3 is 0 Å². The summed E-state index contributed by atoms with van der Waals surface area (Å²) in [4.78, 5) is 0.570. The molecule has 0 N–H and O–H groups in total. The van der Waals surface area contributed by atoms with E-state index in [1.165, 1.54) is 50.5 Å². The molecule has 0 spiro atoms. The van der Waals surface area contributed by atoms with Crippen molar-refractivity contribution in [3.05, 3.63) is 34.9 Å². The molecule has 0 radical (unpaired) electrons. The minimum atomic E-state index is 0.570. The third-order valence-electron chi connectivity index (χ3n) is 3.96. The van der Waals surface area contributed by atoms with Gasteiger partial charge in [-0.2, -0.15) is 0 Å². The topological polar surface area (TPSA) is 0 Å². The Labute approximate surface area is 124 Å². The molecule has 1 saturated carbocycles. The molecule has 2 heteroatoms. The molecule has 0 aliphatic heterocycles. The lowest BCUT2D eigenvalue weighted by atomic mass is 9.93. The fourth-order valence-electron chi connectivity index (χ4n) is 2.95. The average molecular weight is 330 g/mol. The molecule has 0 amide bonds. The van der Waals surface area contributed by atoms with Crippen molar-refractivity contribution in [2.45, 2.75) is 56.2 Å². The van der Waals surface area contributed by atoms with Crippen LogP contribution >= 0.6 is 27.5 Å². The van der Waals surface area contributed by atoms with Crippen molar-refractivity contribution < 1.29 is 0 Å². The predicted octanol–water partition coefficient (Wildman–Crippen LogP) is 6.01. The molecule has 1 fully saturated rings. The van der Waals surface area contributed by atoms with Crippen LogP contribution in [0.3, 0.4) is 0 Å². The monoisotopic (exact) mass is 328 g/mol.